The van der Waals surface area contributed by atoms with Crippen LogP contribution in [0, 0.1) is 6.92 Å². The molecule has 3 nitrogen and oxygen atoms in total. The number of carbonyl (C=O) groups is 1. The second-order valence-electron chi connectivity index (χ2n) is 7.95. The molecule has 0 N–H and O–H groups in total. The van der Waals surface area contributed by atoms with Crippen molar-refractivity contribution in [1.82, 2.24) is 0 Å². The van der Waals surface area contributed by atoms with Gasteiger partial charge in [-0.1, -0.05) is 23.2 Å². The molecule has 0 aromatic heterocycles. The lowest BCUT2D eigenvalue weighted by Gasteiger charge is -2.20. The minimum Gasteiger partial charge on any atom is -0.488 e. The lowest BCUT2D eigenvalue weighted by atomic mass is 9.97. The van der Waals surface area contributed by atoms with Crippen LogP contribution in [0.1, 0.15) is 53.4 Å². The molecule has 1 aliphatic rings. The third-order valence-electron chi connectivity index (χ3n) is 4.39. The molecular weight excluding hydrogens is 440 g/mol. The van der Waals surface area contributed by atoms with E-state index in [1.165, 1.54) is 12.1 Å². The quantitative estimate of drug-likeness (QED) is 0.446. The number of hydrogen-bond acceptors (Lipinski definition) is 3. The fourth-order valence-electron chi connectivity index (χ4n) is 3.15. The first-order valence-electron chi connectivity index (χ1n) is 9.05. The molecule has 0 saturated heterocycles. The number of alkyl halides is 3. The predicted octanol–water partition coefficient (Wildman–Crippen LogP) is 7.21. The summed E-state index contributed by atoms with van der Waals surface area (Å²) in [6.45, 7) is 6.85. The minimum absolute atomic E-state index is 0.0564. The molecule has 30 heavy (non-hydrogen) atoms. The van der Waals surface area contributed by atoms with Crippen LogP contribution in [0.25, 0.3) is 11.6 Å². The Hall–Kier alpha value is -2.18. The molecule has 0 fully saturated rings. The van der Waals surface area contributed by atoms with E-state index in [4.69, 9.17) is 32.7 Å². The topological polar surface area (TPSA) is 35.5 Å². The maximum absolute atomic E-state index is 13.1. The van der Waals surface area contributed by atoms with E-state index >= 15 is 0 Å². The maximum Gasteiger partial charge on any atom is 0.416 e. The molecule has 0 atom stereocenters. The number of ether oxygens (including phenoxy) is 2. The van der Waals surface area contributed by atoms with Gasteiger partial charge in [0, 0.05) is 21.7 Å². The number of aryl methyl sites for hydroxylation is 1. The van der Waals surface area contributed by atoms with E-state index in [0.29, 0.717) is 22.3 Å². The second kappa shape index (κ2) is 7.82. The highest BCUT2D eigenvalue weighted by Crippen LogP contribution is 2.43. The molecule has 2 aromatic rings. The van der Waals surface area contributed by atoms with Gasteiger partial charge in [-0.05, 0) is 63.6 Å². The number of fused-ring (bicyclic) bond motifs is 1. The van der Waals surface area contributed by atoms with Crippen molar-refractivity contribution in [2.24, 2.45) is 0 Å². The predicted molar refractivity (Wildman–Crippen MR) is 111 cm³/mol. The summed E-state index contributed by atoms with van der Waals surface area (Å²) in [5.41, 5.74) is 0.615. The van der Waals surface area contributed by atoms with Crippen LogP contribution in [0.15, 0.2) is 24.3 Å². The van der Waals surface area contributed by atoms with E-state index < -0.39 is 23.3 Å². The van der Waals surface area contributed by atoms with Crippen LogP contribution in [-0.2, 0) is 10.9 Å². The van der Waals surface area contributed by atoms with Crippen LogP contribution in [0.5, 0.6) is 5.75 Å². The first kappa shape index (κ1) is 22.5. The maximum atomic E-state index is 13.1. The van der Waals surface area contributed by atoms with E-state index in [2.05, 4.69) is 0 Å². The number of carbonyl (C=O) groups excluding carboxylic acids is 1. The van der Waals surface area contributed by atoms with Gasteiger partial charge < -0.3 is 9.47 Å². The molecule has 0 aliphatic carbocycles. The van der Waals surface area contributed by atoms with E-state index in [1.54, 1.807) is 33.8 Å². The largest absolute Gasteiger partial charge is 0.488 e. The Morgan fingerprint density at radius 2 is 1.83 bits per heavy atom. The molecule has 0 spiro atoms. The Bertz CT molecular complexity index is 1050. The average Bonchev–Trinajstić information content (AvgIpc) is 2.99. The summed E-state index contributed by atoms with van der Waals surface area (Å²) in [5, 5.41) is 0.389. The van der Waals surface area contributed by atoms with Crippen LogP contribution in [0.3, 0.4) is 0 Å². The van der Waals surface area contributed by atoms with Crippen molar-refractivity contribution in [3.8, 4) is 5.75 Å². The SMILES string of the molecule is Cc1cc(C(F)(F)F)cc2c1C(=Cc1c(Cl)ccc(C(=O)OC(C)(C)C)c1Cl)CO2. The standard InChI is InChI=1S/C22H19Cl2F3O3/c1-11-7-13(22(25,26)27)9-17-18(11)12(10-29-17)8-15-16(23)6-5-14(19(15)24)20(28)30-21(2,3)4/h5-9H,10H2,1-4H3. The van der Waals surface area contributed by atoms with Gasteiger partial charge in [0.25, 0.3) is 0 Å². The van der Waals surface area contributed by atoms with Gasteiger partial charge in [-0.25, -0.2) is 4.79 Å². The summed E-state index contributed by atoms with van der Waals surface area (Å²) in [5.74, 6) is -0.456. The molecular formula is C22H19Cl2F3O3. The van der Waals surface area contributed by atoms with Crippen molar-refractivity contribution in [3.05, 3.63) is 62.1 Å². The number of halogens is 5. The van der Waals surface area contributed by atoms with Crippen molar-refractivity contribution in [3.63, 3.8) is 0 Å². The highest BCUT2D eigenvalue weighted by Gasteiger charge is 2.34. The van der Waals surface area contributed by atoms with E-state index in [9.17, 15) is 18.0 Å². The molecule has 1 aliphatic heterocycles. The lowest BCUT2D eigenvalue weighted by Crippen LogP contribution is -2.24. The number of esters is 1. The lowest BCUT2D eigenvalue weighted by molar-refractivity contribution is -0.137. The van der Waals surface area contributed by atoms with Gasteiger partial charge in [0.05, 0.1) is 16.1 Å². The van der Waals surface area contributed by atoms with Gasteiger partial charge >= 0.3 is 12.1 Å². The first-order valence-corrected chi connectivity index (χ1v) is 9.80. The molecule has 0 amide bonds. The van der Waals surface area contributed by atoms with Gasteiger partial charge in [0.1, 0.15) is 18.0 Å². The zero-order valence-corrected chi connectivity index (χ0v) is 18.2. The van der Waals surface area contributed by atoms with E-state index in [-0.39, 0.29) is 28.0 Å². The van der Waals surface area contributed by atoms with Crippen LogP contribution in [0.2, 0.25) is 10.0 Å². The summed E-state index contributed by atoms with van der Waals surface area (Å²) < 4.78 is 50.1. The van der Waals surface area contributed by atoms with Crippen LogP contribution >= 0.6 is 23.2 Å². The monoisotopic (exact) mass is 458 g/mol. The fourth-order valence-corrected chi connectivity index (χ4v) is 3.71. The third-order valence-corrected chi connectivity index (χ3v) is 5.13. The second-order valence-corrected chi connectivity index (χ2v) is 8.73. The minimum atomic E-state index is -4.47. The van der Waals surface area contributed by atoms with Crippen molar-refractivity contribution in [2.75, 3.05) is 6.61 Å². The van der Waals surface area contributed by atoms with Gasteiger partial charge in [-0.15, -0.1) is 0 Å². The van der Waals surface area contributed by atoms with Crippen molar-refractivity contribution in [2.45, 2.75) is 39.5 Å². The zero-order chi connectivity index (χ0) is 22.4. The third kappa shape index (κ3) is 4.60. The Morgan fingerprint density at radius 1 is 1.17 bits per heavy atom. The molecule has 0 radical (unpaired) electrons. The molecule has 1 heterocycles. The fraction of sp³-hybridized carbons (Fsp3) is 0.318. The number of benzene rings is 2. The van der Waals surface area contributed by atoms with Gasteiger partial charge in [-0.3, -0.25) is 0 Å². The Balaban J connectivity index is 2.06. The summed E-state index contributed by atoms with van der Waals surface area (Å²) in [6.07, 6.45) is -2.84. The molecule has 2 aromatic carbocycles. The molecule has 8 heteroatoms. The highest BCUT2D eigenvalue weighted by atomic mass is 35.5. The van der Waals surface area contributed by atoms with E-state index in [0.717, 1.165) is 12.1 Å². The van der Waals surface area contributed by atoms with Gasteiger partial charge in [0.2, 0.25) is 0 Å². The van der Waals surface area contributed by atoms with Crippen molar-refractivity contribution < 1.29 is 27.4 Å². The summed E-state index contributed by atoms with van der Waals surface area (Å²) in [4.78, 5) is 12.5. The average molecular weight is 459 g/mol. The Kier molecular flexibility index (Phi) is 5.87. The molecule has 0 unspecified atom stereocenters. The smallest absolute Gasteiger partial charge is 0.416 e. The molecule has 160 valence electrons. The normalized spacial score (nSPS) is 15.2. The van der Waals surface area contributed by atoms with Gasteiger partial charge in [0.15, 0.2) is 0 Å². The number of hydrogen-bond donors (Lipinski definition) is 0. The first-order chi connectivity index (χ1) is 13.8. The number of rotatable bonds is 2. The Labute approximate surface area is 182 Å². The summed E-state index contributed by atoms with van der Waals surface area (Å²) in [7, 11) is 0. The van der Waals surface area contributed by atoms with Gasteiger partial charge in [-0.2, -0.15) is 13.2 Å². The summed E-state index contributed by atoms with van der Waals surface area (Å²) in [6, 6.07) is 5.04. The molecule has 3 rings (SSSR count). The highest BCUT2D eigenvalue weighted by molar-refractivity contribution is 6.39. The zero-order valence-electron chi connectivity index (χ0n) is 16.7. The van der Waals surface area contributed by atoms with E-state index in [1.807, 2.05) is 0 Å². The molecule has 0 saturated carbocycles. The molecule has 0 bridgehead atoms. The van der Waals surface area contributed by atoms with Crippen LogP contribution < -0.4 is 4.74 Å². The van der Waals surface area contributed by atoms with Crippen molar-refractivity contribution in [1.29, 1.82) is 0 Å². The van der Waals surface area contributed by atoms with Crippen molar-refractivity contribution >= 4 is 40.8 Å². The van der Waals surface area contributed by atoms with Crippen LogP contribution in [0.4, 0.5) is 13.2 Å². The summed E-state index contributed by atoms with van der Waals surface area (Å²) >= 11 is 12.7. The Morgan fingerprint density at radius 3 is 2.43 bits per heavy atom. The van der Waals surface area contributed by atoms with Crippen LogP contribution in [-0.4, -0.2) is 18.2 Å².